The minimum Gasteiger partial charge on any atom is -0.494 e. The van der Waals surface area contributed by atoms with Crippen molar-refractivity contribution in [2.75, 3.05) is 32.8 Å². The van der Waals surface area contributed by atoms with Gasteiger partial charge in [0.15, 0.2) is 0 Å². The van der Waals surface area contributed by atoms with E-state index in [-0.39, 0.29) is 35.2 Å². The largest absolute Gasteiger partial charge is 0.494 e. The summed E-state index contributed by atoms with van der Waals surface area (Å²) in [5.74, 6) is 0.599. The molecular weight excluding hydrogens is 390 g/mol. The number of halogens is 1. The van der Waals surface area contributed by atoms with Gasteiger partial charge >= 0.3 is 0 Å². The molecule has 1 aromatic rings. The fraction of sp³-hybridized carbons (Fsp3) is 0.611. The van der Waals surface area contributed by atoms with Crippen LogP contribution in [0.5, 0.6) is 5.75 Å². The average Bonchev–Trinajstić information content (AvgIpc) is 3.15. The van der Waals surface area contributed by atoms with Crippen molar-refractivity contribution in [3.05, 3.63) is 24.3 Å². The quantitative estimate of drug-likeness (QED) is 0.730. The van der Waals surface area contributed by atoms with E-state index in [2.05, 4.69) is 10.6 Å². The van der Waals surface area contributed by atoms with Gasteiger partial charge in [-0.1, -0.05) is 0 Å². The van der Waals surface area contributed by atoms with Crippen LogP contribution in [0.25, 0.3) is 0 Å². The number of hydrogen-bond acceptors (Lipinski definition) is 5. The Hall–Kier alpha value is -1.35. The first kappa shape index (κ1) is 21.9. The van der Waals surface area contributed by atoms with Gasteiger partial charge in [-0.15, -0.1) is 12.4 Å². The van der Waals surface area contributed by atoms with Crippen molar-refractivity contribution in [2.45, 2.75) is 37.1 Å². The van der Waals surface area contributed by atoms with Gasteiger partial charge < -0.3 is 15.4 Å². The molecule has 2 saturated heterocycles. The molecule has 0 radical (unpaired) electrons. The molecule has 0 spiro atoms. The molecule has 3 rings (SSSR count). The van der Waals surface area contributed by atoms with Crippen LogP contribution in [0.15, 0.2) is 29.2 Å². The van der Waals surface area contributed by atoms with E-state index >= 15 is 0 Å². The SMILES string of the molecule is CCOc1ccc(S(=O)(=O)N2CCC(C(=O)NC3CCNC3)CC2)cc1.Cl. The Kier molecular flexibility index (Phi) is 7.91. The van der Waals surface area contributed by atoms with E-state index < -0.39 is 10.0 Å². The van der Waals surface area contributed by atoms with E-state index in [1.165, 1.54) is 4.31 Å². The van der Waals surface area contributed by atoms with E-state index in [1.54, 1.807) is 24.3 Å². The molecule has 7 nitrogen and oxygen atoms in total. The van der Waals surface area contributed by atoms with Crippen LogP contribution in [0.4, 0.5) is 0 Å². The van der Waals surface area contributed by atoms with Crippen LogP contribution in [-0.4, -0.2) is 57.5 Å². The maximum absolute atomic E-state index is 12.8. The zero-order valence-corrected chi connectivity index (χ0v) is 17.2. The highest BCUT2D eigenvalue weighted by Crippen LogP contribution is 2.25. The van der Waals surface area contributed by atoms with Gasteiger partial charge in [0, 0.05) is 31.6 Å². The number of carbonyl (C=O) groups is 1. The molecule has 0 bridgehead atoms. The third-order valence-electron chi connectivity index (χ3n) is 5.00. The van der Waals surface area contributed by atoms with E-state index in [0.717, 1.165) is 19.5 Å². The van der Waals surface area contributed by atoms with Crippen molar-refractivity contribution >= 4 is 28.3 Å². The molecule has 2 fully saturated rings. The van der Waals surface area contributed by atoms with Gasteiger partial charge in [0.1, 0.15) is 5.75 Å². The molecule has 1 atom stereocenters. The summed E-state index contributed by atoms with van der Waals surface area (Å²) in [6.45, 7) is 4.92. The Bertz CT molecular complexity index is 713. The second kappa shape index (κ2) is 9.73. The molecule has 0 aliphatic carbocycles. The Morgan fingerprint density at radius 3 is 2.44 bits per heavy atom. The van der Waals surface area contributed by atoms with Crippen LogP contribution in [-0.2, 0) is 14.8 Å². The number of rotatable bonds is 6. The smallest absolute Gasteiger partial charge is 0.243 e. The number of nitrogens with one attached hydrogen (secondary N) is 2. The third-order valence-corrected chi connectivity index (χ3v) is 6.92. The summed E-state index contributed by atoms with van der Waals surface area (Å²) >= 11 is 0. The molecule has 27 heavy (non-hydrogen) atoms. The van der Waals surface area contributed by atoms with Crippen LogP contribution >= 0.6 is 12.4 Å². The van der Waals surface area contributed by atoms with Crippen molar-refractivity contribution in [1.82, 2.24) is 14.9 Å². The van der Waals surface area contributed by atoms with E-state index in [0.29, 0.717) is 38.3 Å². The first-order valence-corrected chi connectivity index (χ1v) is 10.7. The lowest BCUT2D eigenvalue weighted by Gasteiger charge is -2.31. The normalized spacial score (nSPS) is 21.4. The van der Waals surface area contributed by atoms with Crippen LogP contribution < -0.4 is 15.4 Å². The highest BCUT2D eigenvalue weighted by atomic mass is 35.5. The predicted molar refractivity (Wildman–Crippen MR) is 106 cm³/mol. The van der Waals surface area contributed by atoms with E-state index in [4.69, 9.17) is 4.74 Å². The zero-order valence-electron chi connectivity index (χ0n) is 15.5. The Labute approximate surface area is 167 Å². The molecule has 1 amide bonds. The summed E-state index contributed by atoms with van der Waals surface area (Å²) in [5, 5.41) is 6.30. The Balaban J connectivity index is 0.00000261. The lowest BCUT2D eigenvalue weighted by molar-refractivity contribution is -0.126. The van der Waals surface area contributed by atoms with Gasteiger partial charge in [-0.2, -0.15) is 4.31 Å². The first-order chi connectivity index (χ1) is 12.5. The summed E-state index contributed by atoms with van der Waals surface area (Å²) in [6, 6.07) is 6.70. The summed E-state index contributed by atoms with van der Waals surface area (Å²) in [5.41, 5.74) is 0. The number of amides is 1. The number of hydrogen-bond donors (Lipinski definition) is 2. The van der Waals surface area contributed by atoms with Gasteiger partial charge in [-0.05, 0) is 57.0 Å². The van der Waals surface area contributed by atoms with Gasteiger partial charge in [0.25, 0.3) is 0 Å². The number of sulfonamides is 1. The maximum atomic E-state index is 12.8. The van der Waals surface area contributed by atoms with Gasteiger partial charge in [-0.3, -0.25) is 4.79 Å². The van der Waals surface area contributed by atoms with Crippen molar-refractivity contribution < 1.29 is 17.9 Å². The zero-order chi connectivity index (χ0) is 18.6. The van der Waals surface area contributed by atoms with E-state index in [9.17, 15) is 13.2 Å². The molecule has 0 saturated carbocycles. The lowest BCUT2D eigenvalue weighted by Crippen LogP contribution is -2.45. The lowest BCUT2D eigenvalue weighted by atomic mass is 9.97. The summed E-state index contributed by atoms with van der Waals surface area (Å²) in [6.07, 6.45) is 2.07. The molecule has 9 heteroatoms. The molecule has 1 unspecified atom stereocenters. The molecule has 0 aromatic heterocycles. The summed E-state index contributed by atoms with van der Waals surface area (Å²) in [7, 11) is -3.53. The fourth-order valence-electron chi connectivity index (χ4n) is 3.48. The minimum absolute atomic E-state index is 0. The summed E-state index contributed by atoms with van der Waals surface area (Å²) < 4.78 is 32.4. The molecule has 2 heterocycles. The standard InChI is InChI=1S/C18H27N3O4S.ClH/c1-2-25-16-3-5-17(6-4-16)26(23,24)21-11-8-14(9-12-21)18(22)20-15-7-10-19-13-15;/h3-6,14-15,19H,2,7-13H2,1H3,(H,20,22);1H. The van der Waals surface area contributed by atoms with Crippen LogP contribution in [0.1, 0.15) is 26.2 Å². The minimum atomic E-state index is -3.53. The number of carbonyl (C=O) groups excluding carboxylic acids is 1. The van der Waals surface area contributed by atoms with Crippen LogP contribution in [0.3, 0.4) is 0 Å². The third kappa shape index (κ3) is 5.34. The number of ether oxygens (including phenoxy) is 1. The number of nitrogens with zero attached hydrogens (tertiary/aromatic N) is 1. The number of benzene rings is 1. The Morgan fingerprint density at radius 2 is 1.89 bits per heavy atom. The van der Waals surface area contributed by atoms with Gasteiger partial charge in [0.05, 0.1) is 11.5 Å². The highest BCUT2D eigenvalue weighted by Gasteiger charge is 2.32. The molecule has 2 N–H and O–H groups in total. The van der Waals surface area contributed by atoms with Crippen molar-refractivity contribution in [3.63, 3.8) is 0 Å². The van der Waals surface area contributed by atoms with Gasteiger partial charge in [0.2, 0.25) is 15.9 Å². The van der Waals surface area contributed by atoms with E-state index in [1.807, 2.05) is 6.92 Å². The molecule has 1 aromatic carbocycles. The van der Waals surface area contributed by atoms with Crippen LogP contribution in [0.2, 0.25) is 0 Å². The maximum Gasteiger partial charge on any atom is 0.243 e. The van der Waals surface area contributed by atoms with Crippen LogP contribution in [0, 0.1) is 5.92 Å². The first-order valence-electron chi connectivity index (χ1n) is 9.25. The second-order valence-electron chi connectivity index (χ2n) is 6.78. The molecular formula is C18H28ClN3O4S. The predicted octanol–water partition coefficient (Wildman–Crippen LogP) is 1.39. The average molecular weight is 418 g/mol. The number of piperidine rings is 1. The summed E-state index contributed by atoms with van der Waals surface area (Å²) in [4.78, 5) is 12.6. The Morgan fingerprint density at radius 1 is 1.22 bits per heavy atom. The second-order valence-corrected chi connectivity index (χ2v) is 8.72. The van der Waals surface area contributed by atoms with Crippen molar-refractivity contribution in [3.8, 4) is 5.75 Å². The van der Waals surface area contributed by atoms with Crippen molar-refractivity contribution in [1.29, 1.82) is 0 Å². The molecule has 2 aliphatic heterocycles. The molecule has 2 aliphatic rings. The topological polar surface area (TPSA) is 87.7 Å². The fourth-order valence-corrected chi connectivity index (χ4v) is 4.95. The van der Waals surface area contributed by atoms with Crippen molar-refractivity contribution in [2.24, 2.45) is 5.92 Å². The molecule has 152 valence electrons. The monoisotopic (exact) mass is 417 g/mol. The highest BCUT2D eigenvalue weighted by molar-refractivity contribution is 7.89. The van der Waals surface area contributed by atoms with Gasteiger partial charge in [-0.25, -0.2) is 8.42 Å².